The van der Waals surface area contributed by atoms with Gasteiger partial charge in [0, 0.05) is 25.0 Å². The van der Waals surface area contributed by atoms with Crippen LogP contribution in [-0.4, -0.2) is 21.6 Å². The third-order valence-corrected chi connectivity index (χ3v) is 2.39. The van der Waals surface area contributed by atoms with Crippen LogP contribution in [0.15, 0.2) is 35.3 Å². The fourth-order valence-electron chi connectivity index (χ4n) is 1.49. The average molecular weight is 221 g/mol. The number of rotatable bonds is 5. The summed E-state index contributed by atoms with van der Waals surface area (Å²) >= 11 is 0. The predicted molar refractivity (Wildman–Crippen MR) is 58.6 cm³/mol. The second-order valence-corrected chi connectivity index (χ2v) is 3.93. The molecule has 2 heterocycles. The number of nitrogens with one attached hydrogen (secondary N) is 2. The van der Waals surface area contributed by atoms with Crippen LogP contribution in [0.3, 0.4) is 0 Å². The van der Waals surface area contributed by atoms with Gasteiger partial charge in [0.05, 0.1) is 12.6 Å². The van der Waals surface area contributed by atoms with Crippen LogP contribution in [0, 0.1) is 0 Å². The van der Waals surface area contributed by atoms with E-state index in [4.69, 9.17) is 4.42 Å². The molecule has 2 rings (SSSR count). The normalized spacial score (nSPS) is 14.9. The van der Waals surface area contributed by atoms with Gasteiger partial charge in [-0.05, 0) is 19.1 Å². The minimum Gasteiger partial charge on any atom is -0.466 e. The van der Waals surface area contributed by atoms with E-state index in [9.17, 15) is 5.11 Å². The predicted octanol–water partition coefficient (Wildman–Crippen LogP) is 1.000. The Labute approximate surface area is 93.5 Å². The summed E-state index contributed by atoms with van der Waals surface area (Å²) < 4.78 is 5.18. The molecule has 2 aromatic rings. The van der Waals surface area contributed by atoms with Gasteiger partial charge in [0.1, 0.15) is 11.4 Å². The summed E-state index contributed by atoms with van der Waals surface area (Å²) in [5.74, 6) is 0.560. The quantitative estimate of drug-likeness (QED) is 0.704. The Balaban J connectivity index is 1.85. The maximum absolute atomic E-state index is 10.1. The third-order valence-electron chi connectivity index (χ3n) is 2.39. The van der Waals surface area contributed by atoms with Crippen LogP contribution >= 0.6 is 0 Å². The van der Waals surface area contributed by atoms with Crippen LogP contribution in [-0.2, 0) is 12.1 Å². The molecule has 0 aliphatic rings. The van der Waals surface area contributed by atoms with E-state index >= 15 is 0 Å². The fourth-order valence-corrected chi connectivity index (χ4v) is 1.49. The SMILES string of the molecule is CC(O)(CNCc1cnc[nH]1)c1ccco1. The van der Waals surface area contributed by atoms with E-state index in [-0.39, 0.29) is 0 Å². The van der Waals surface area contributed by atoms with Crippen molar-refractivity contribution in [1.29, 1.82) is 0 Å². The Morgan fingerprint density at radius 2 is 2.50 bits per heavy atom. The van der Waals surface area contributed by atoms with Gasteiger partial charge in [-0.2, -0.15) is 0 Å². The molecule has 1 unspecified atom stereocenters. The van der Waals surface area contributed by atoms with Gasteiger partial charge in [-0.15, -0.1) is 0 Å². The third kappa shape index (κ3) is 2.50. The lowest BCUT2D eigenvalue weighted by Gasteiger charge is -2.20. The summed E-state index contributed by atoms with van der Waals surface area (Å²) in [5.41, 5.74) is -0.0148. The highest BCUT2D eigenvalue weighted by atomic mass is 16.4. The number of aromatic amines is 1. The zero-order chi connectivity index (χ0) is 11.4. The average Bonchev–Trinajstić information content (AvgIpc) is 2.90. The van der Waals surface area contributed by atoms with Gasteiger partial charge in [0.25, 0.3) is 0 Å². The second kappa shape index (κ2) is 4.51. The van der Waals surface area contributed by atoms with Crippen molar-refractivity contribution in [2.75, 3.05) is 6.54 Å². The number of aliphatic hydroxyl groups is 1. The second-order valence-electron chi connectivity index (χ2n) is 3.93. The lowest BCUT2D eigenvalue weighted by atomic mass is 10.0. The lowest BCUT2D eigenvalue weighted by molar-refractivity contribution is 0.0340. The standard InChI is InChI=1S/C11H15N3O2/c1-11(15,10-3-2-4-16-10)7-12-5-9-6-13-8-14-9/h2-4,6,8,12,15H,5,7H2,1H3,(H,13,14). The van der Waals surface area contributed by atoms with E-state index in [0.717, 1.165) is 5.69 Å². The summed E-state index contributed by atoms with van der Waals surface area (Å²) in [4.78, 5) is 6.89. The fraction of sp³-hybridized carbons (Fsp3) is 0.364. The van der Waals surface area contributed by atoms with E-state index < -0.39 is 5.60 Å². The van der Waals surface area contributed by atoms with Gasteiger partial charge in [-0.25, -0.2) is 4.98 Å². The Bertz CT molecular complexity index is 406. The van der Waals surface area contributed by atoms with Crippen molar-refractivity contribution in [2.45, 2.75) is 19.1 Å². The number of nitrogens with zero attached hydrogens (tertiary/aromatic N) is 1. The molecule has 0 amide bonds. The molecule has 0 fully saturated rings. The van der Waals surface area contributed by atoms with Crippen LogP contribution in [0.1, 0.15) is 18.4 Å². The zero-order valence-corrected chi connectivity index (χ0v) is 9.10. The monoisotopic (exact) mass is 221 g/mol. The smallest absolute Gasteiger partial charge is 0.136 e. The van der Waals surface area contributed by atoms with E-state index in [2.05, 4.69) is 15.3 Å². The molecule has 86 valence electrons. The highest BCUT2D eigenvalue weighted by Gasteiger charge is 2.25. The van der Waals surface area contributed by atoms with E-state index in [1.165, 1.54) is 0 Å². The first-order valence-electron chi connectivity index (χ1n) is 5.13. The molecule has 0 bridgehead atoms. The number of aromatic nitrogens is 2. The van der Waals surface area contributed by atoms with Crippen molar-refractivity contribution in [3.8, 4) is 0 Å². The van der Waals surface area contributed by atoms with E-state index in [1.807, 2.05) is 0 Å². The molecule has 0 saturated heterocycles. The molecule has 2 aromatic heterocycles. The van der Waals surface area contributed by atoms with E-state index in [1.54, 1.807) is 37.8 Å². The number of hydrogen-bond acceptors (Lipinski definition) is 4. The van der Waals surface area contributed by atoms with Crippen molar-refractivity contribution in [3.63, 3.8) is 0 Å². The van der Waals surface area contributed by atoms with Crippen LogP contribution in [0.5, 0.6) is 0 Å². The van der Waals surface area contributed by atoms with Crippen molar-refractivity contribution in [2.24, 2.45) is 0 Å². The Hall–Kier alpha value is -1.59. The number of furan rings is 1. The first-order valence-corrected chi connectivity index (χ1v) is 5.13. The summed E-state index contributed by atoms with van der Waals surface area (Å²) in [6, 6.07) is 3.52. The molecule has 0 radical (unpaired) electrons. The first kappa shape index (κ1) is 10.9. The van der Waals surface area contributed by atoms with Crippen LogP contribution in [0.2, 0.25) is 0 Å². The molecule has 1 atom stereocenters. The molecule has 0 aromatic carbocycles. The Kier molecular flexibility index (Phi) is 3.07. The highest BCUT2D eigenvalue weighted by molar-refractivity contribution is 5.08. The van der Waals surface area contributed by atoms with Gasteiger partial charge in [0.15, 0.2) is 0 Å². The number of imidazole rings is 1. The van der Waals surface area contributed by atoms with Crippen molar-refractivity contribution in [3.05, 3.63) is 42.4 Å². The maximum Gasteiger partial charge on any atom is 0.136 e. The molecular formula is C11H15N3O2. The summed E-state index contributed by atoms with van der Waals surface area (Å²) in [6.45, 7) is 2.77. The molecule has 5 heteroatoms. The molecule has 0 spiro atoms. The van der Waals surface area contributed by atoms with Gasteiger partial charge in [0.2, 0.25) is 0 Å². The minimum atomic E-state index is -0.997. The molecule has 16 heavy (non-hydrogen) atoms. The number of H-pyrrole nitrogens is 1. The summed E-state index contributed by atoms with van der Waals surface area (Å²) in [5, 5.41) is 13.3. The summed E-state index contributed by atoms with van der Waals surface area (Å²) in [7, 11) is 0. The zero-order valence-electron chi connectivity index (χ0n) is 9.10. The van der Waals surface area contributed by atoms with E-state index in [0.29, 0.717) is 18.8 Å². The maximum atomic E-state index is 10.1. The lowest BCUT2D eigenvalue weighted by Crippen LogP contribution is -2.34. The van der Waals surface area contributed by atoms with Crippen molar-refractivity contribution >= 4 is 0 Å². The van der Waals surface area contributed by atoms with Gasteiger partial charge >= 0.3 is 0 Å². The Morgan fingerprint density at radius 3 is 3.12 bits per heavy atom. The summed E-state index contributed by atoms with van der Waals surface area (Å²) in [6.07, 6.45) is 4.93. The van der Waals surface area contributed by atoms with Gasteiger partial charge in [-0.1, -0.05) is 0 Å². The minimum absolute atomic E-state index is 0.416. The first-order chi connectivity index (χ1) is 7.68. The van der Waals surface area contributed by atoms with Crippen molar-refractivity contribution < 1.29 is 9.52 Å². The number of hydrogen-bond donors (Lipinski definition) is 3. The topological polar surface area (TPSA) is 74.1 Å². The van der Waals surface area contributed by atoms with Crippen LogP contribution < -0.4 is 5.32 Å². The van der Waals surface area contributed by atoms with Crippen LogP contribution in [0.25, 0.3) is 0 Å². The van der Waals surface area contributed by atoms with Crippen LogP contribution in [0.4, 0.5) is 0 Å². The molecule has 0 aliphatic heterocycles. The van der Waals surface area contributed by atoms with Gasteiger partial charge in [-0.3, -0.25) is 0 Å². The van der Waals surface area contributed by atoms with Gasteiger partial charge < -0.3 is 19.8 Å². The molecule has 3 N–H and O–H groups in total. The van der Waals surface area contributed by atoms with Crippen molar-refractivity contribution in [1.82, 2.24) is 15.3 Å². The molecule has 0 saturated carbocycles. The largest absolute Gasteiger partial charge is 0.466 e. The highest BCUT2D eigenvalue weighted by Crippen LogP contribution is 2.19. The molecule has 5 nitrogen and oxygen atoms in total. The molecule has 0 aliphatic carbocycles. The molecular weight excluding hydrogens is 206 g/mol. The Morgan fingerprint density at radius 1 is 1.62 bits per heavy atom.